The van der Waals surface area contributed by atoms with Crippen LogP contribution in [0.2, 0.25) is 0 Å². The summed E-state index contributed by atoms with van der Waals surface area (Å²) in [7, 11) is 0. The Balaban J connectivity index is 1.63. The average Bonchev–Trinajstić information content (AvgIpc) is 3.11. The van der Waals surface area contributed by atoms with Gasteiger partial charge >= 0.3 is 0 Å². The van der Waals surface area contributed by atoms with Gasteiger partial charge in [0.2, 0.25) is 0 Å². The molecule has 0 N–H and O–H groups in total. The summed E-state index contributed by atoms with van der Waals surface area (Å²) in [5.74, 6) is 0.165. The number of Topliss-reactive ketones (excluding diaryl/α,β-unsaturated/α-hetero) is 1. The summed E-state index contributed by atoms with van der Waals surface area (Å²) in [4.78, 5) is 17.5. The molecule has 0 bridgehead atoms. The molecule has 2 nitrogen and oxygen atoms in total. The lowest BCUT2D eigenvalue weighted by atomic mass is 9.99. The molecule has 0 aliphatic heterocycles. The van der Waals surface area contributed by atoms with E-state index in [0.717, 1.165) is 32.8 Å². The number of thiazole rings is 1. The summed E-state index contributed by atoms with van der Waals surface area (Å²) >= 11 is 1.63. The zero-order chi connectivity index (χ0) is 17.1. The minimum Gasteiger partial charge on any atom is -0.294 e. The largest absolute Gasteiger partial charge is 0.294 e. The molecule has 3 aromatic carbocycles. The summed E-state index contributed by atoms with van der Waals surface area (Å²) in [6, 6.07) is 26.0. The lowest BCUT2D eigenvalue weighted by Gasteiger charge is -2.06. The van der Waals surface area contributed by atoms with Gasteiger partial charge in [0.05, 0.1) is 10.2 Å². The van der Waals surface area contributed by atoms with Gasteiger partial charge in [0, 0.05) is 17.5 Å². The zero-order valence-electron chi connectivity index (χ0n) is 13.7. The number of rotatable bonds is 5. The zero-order valence-corrected chi connectivity index (χ0v) is 14.5. The summed E-state index contributed by atoms with van der Waals surface area (Å²) < 4.78 is 1.14. The van der Waals surface area contributed by atoms with Gasteiger partial charge in [-0.1, -0.05) is 66.7 Å². The third-order valence-corrected chi connectivity index (χ3v) is 5.31. The van der Waals surface area contributed by atoms with E-state index < -0.39 is 0 Å². The molecular formula is C22H17NOS. The van der Waals surface area contributed by atoms with Crippen molar-refractivity contribution in [3.8, 4) is 10.6 Å². The summed E-state index contributed by atoms with van der Waals surface area (Å²) in [6.07, 6.45) is 1.26. The van der Waals surface area contributed by atoms with Crippen molar-refractivity contribution in [3.05, 3.63) is 90.0 Å². The fourth-order valence-corrected chi connectivity index (χ4v) is 3.94. The number of ketones is 1. The van der Waals surface area contributed by atoms with Crippen LogP contribution in [-0.4, -0.2) is 10.8 Å². The Morgan fingerprint density at radius 1 is 0.840 bits per heavy atom. The maximum atomic E-state index is 12.8. The number of aromatic nitrogens is 1. The molecule has 0 radical (unpaired) electrons. The monoisotopic (exact) mass is 343 g/mol. The van der Waals surface area contributed by atoms with E-state index in [4.69, 9.17) is 4.98 Å². The lowest BCUT2D eigenvalue weighted by molar-refractivity contribution is 0.0983. The summed E-state index contributed by atoms with van der Waals surface area (Å²) in [5, 5.41) is 0.907. The second kappa shape index (κ2) is 6.99. The van der Waals surface area contributed by atoms with Crippen molar-refractivity contribution in [3.63, 3.8) is 0 Å². The molecule has 4 aromatic rings. The molecule has 25 heavy (non-hydrogen) atoms. The normalized spacial score (nSPS) is 10.9. The Morgan fingerprint density at radius 2 is 1.56 bits per heavy atom. The highest BCUT2D eigenvalue weighted by atomic mass is 32.1. The Hall–Kier alpha value is -2.78. The second-order valence-electron chi connectivity index (χ2n) is 5.94. The topological polar surface area (TPSA) is 30.0 Å². The maximum Gasteiger partial charge on any atom is 0.163 e. The molecule has 3 heteroatoms. The molecule has 0 atom stereocenters. The number of nitrogens with zero attached hydrogens (tertiary/aromatic N) is 1. The van der Waals surface area contributed by atoms with Crippen LogP contribution < -0.4 is 0 Å². The highest BCUT2D eigenvalue weighted by Crippen LogP contribution is 2.32. The van der Waals surface area contributed by atoms with Gasteiger partial charge in [-0.15, -0.1) is 11.3 Å². The summed E-state index contributed by atoms with van der Waals surface area (Å²) in [5.41, 5.74) is 3.86. The number of hydrogen-bond acceptors (Lipinski definition) is 3. The molecule has 4 rings (SSSR count). The van der Waals surface area contributed by atoms with Crippen LogP contribution in [0.25, 0.3) is 20.8 Å². The molecule has 0 saturated carbocycles. The number of para-hydroxylation sites is 1. The van der Waals surface area contributed by atoms with Crippen LogP contribution in [-0.2, 0) is 6.42 Å². The quantitative estimate of drug-likeness (QED) is 0.430. The first-order chi connectivity index (χ1) is 12.3. The Labute approximate surface area is 150 Å². The van der Waals surface area contributed by atoms with Crippen LogP contribution in [0, 0.1) is 0 Å². The van der Waals surface area contributed by atoms with Crippen LogP contribution >= 0.6 is 11.3 Å². The van der Waals surface area contributed by atoms with Gasteiger partial charge in [-0.3, -0.25) is 4.79 Å². The maximum absolute atomic E-state index is 12.8. The minimum atomic E-state index is 0.165. The van der Waals surface area contributed by atoms with Crippen molar-refractivity contribution in [2.24, 2.45) is 0 Å². The Bertz CT molecular complexity index is 987. The second-order valence-corrected chi connectivity index (χ2v) is 6.97. The molecule has 0 amide bonds. The molecule has 0 saturated heterocycles. The van der Waals surface area contributed by atoms with Crippen LogP contribution in [0.4, 0.5) is 0 Å². The Kier molecular flexibility index (Phi) is 4.40. The van der Waals surface area contributed by atoms with Crippen molar-refractivity contribution in [2.45, 2.75) is 12.8 Å². The first-order valence-corrected chi connectivity index (χ1v) is 9.15. The van der Waals surface area contributed by atoms with Crippen molar-refractivity contribution < 1.29 is 4.79 Å². The Morgan fingerprint density at radius 3 is 2.40 bits per heavy atom. The van der Waals surface area contributed by atoms with Crippen LogP contribution in [0.1, 0.15) is 22.3 Å². The van der Waals surface area contributed by atoms with Crippen LogP contribution in [0.3, 0.4) is 0 Å². The van der Waals surface area contributed by atoms with Crippen LogP contribution in [0.5, 0.6) is 0 Å². The van der Waals surface area contributed by atoms with E-state index in [1.54, 1.807) is 11.3 Å². The predicted molar refractivity (Wildman–Crippen MR) is 104 cm³/mol. The van der Waals surface area contributed by atoms with Gasteiger partial charge in [-0.2, -0.15) is 0 Å². The summed E-state index contributed by atoms with van der Waals surface area (Å²) in [6.45, 7) is 0. The molecule has 0 aliphatic carbocycles. The number of carbonyl (C=O) groups is 1. The van der Waals surface area contributed by atoms with Crippen LogP contribution in [0.15, 0.2) is 78.9 Å². The van der Waals surface area contributed by atoms with Crippen molar-refractivity contribution in [2.75, 3.05) is 0 Å². The molecule has 0 spiro atoms. The fourth-order valence-electron chi connectivity index (χ4n) is 2.94. The van der Waals surface area contributed by atoms with E-state index in [2.05, 4.69) is 18.2 Å². The molecule has 1 heterocycles. The first-order valence-electron chi connectivity index (χ1n) is 8.33. The highest BCUT2D eigenvalue weighted by molar-refractivity contribution is 7.21. The van der Waals surface area contributed by atoms with Crippen molar-refractivity contribution >= 4 is 27.3 Å². The number of benzene rings is 3. The van der Waals surface area contributed by atoms with Gasteiger partial charge in [-0.25, -0.2) is 4.98 Å². The van der Waals surface area contributed by atoms with E-state index in [1.807, 2.05) is 60.7 Å². The van der Waals surface area contributed by atoms with E-state index in [-0.39, 0.29) is 5.78 Å². The van der Waals surface area contributed by atoms with Gasteiger partial charge < -0.3 is 0 Å². The number of fused-ring (bicyclic) bond motifs is 1. The van der Waals surface area contributed by atoms with E-state index in [1.165, 1.54) is 5.56 Å². The predicted octanol–water partition coefficient (Wildman–Crippen LogP) is 5.78. The van der Waals surface area contributed by atoms with E-state index >= 15 is 0 Å². The molecular weight excluding hydrogens is 326 g/mol. The van der Waals surface area contributed by atoms with Gasteiger partial charge in [0.15, 0.2) is 5.78 Å². The number of hydrogen-bond donors (Lipinski definition) is 0. The third-order valence-electron chi connectivity index (χ3n) is 4.24. The van der Waals surface area contributed by atoms with Crippen molar-refractivity contribution in [1.82, 2.24) is 4.98 Å². The first kappa shape index (κ1) is 15.7. The molecule has 0 fully saturated rings. The molecule has 122 valence electrons. The molecule has 0 unspecified atom stereocenters. The third kappa shape index (κ3) is 3.37. The van der Waals surface area contributed by atoms with E-state index in [9.17, 15) is 4.79 Å². The molecule has 1 aromatic heterocycles. The van der Waals surface area contributed by atoms with Gasteiger partial charge in [0.25, 0.3) is 0 Å². The van der Waals surface area contributed by atoms with Crippen molar-refractivity contribution in [1.29, 1.82) is 0 Å². The minimum absolute atomic E-state index is 0.165. The average molecular weight is 343 g/mol. The lowest BCUT2D eigenvalue weighted by Crippen LogP contribution is -2.03. The van der Waals surface area contributed by atoms with Gasteiger partial charge in [-0.05, 0) is 24.1 Å². The molecule has 0 aliphatic rings. The van der Waals surface area contributed by atoms with Gasteiger partial charge in [0.1, 0.15) is 5.01 Å². The smallest absolute Gasteiger partial charge is 0.163 e. The fraction of sp³-hybridized carbons (Fsp3) is 0.0909. The number of carbonyl (C=O) groups excluding carboxylic acids is 1. The van der Waals surface area contributed by atoms with E-state index in [0.29, 0.717) is 6.42 Å². The number of aryl methyl sites for hydroxylation is 1. The standard InChI is InChI=1S/C22H17NOS/c24-20(15-14-16-8-2-1-3-9-16)17-10-4-5-11-18(17)22-23-19-12-6-7-13-21(19)25-22/h1-13H,14-15H2. The highest BCUT2D eigenvalue weighted by Gasteiger charge is 2.15. The SMILES string of the molecule is O=C(CCc1ccccc1)c1ccccc1-c1nc2ccccc2s1.